The second-order valence-electron chi connectivity index (χ2n) is 8.12. The first-order chi connectivity index (χ1) is 16.9. The van der Waals surface area contributed by atoms with E-state index in [9.17, 15) is 18.7 Å². The number of nitrogens with one attached hydrogen (secondary N) is 2. The number of ether oxygens (including phenoxy) is 1. The van der Waals surface area contributed by atoms with E-state index in [1.807, 2.05) is 30.3 Å². The van der Waals surface area contributed by atoms with Crippen LogP contribution in [-0.2, 0) is 16.1 Å². The van der Waals surface area contributed by atoms with Crippen LogP contribution in [0.4, 0.5) is 14.6 Å². The summed E-state index contributed by atoms with van der Waals surface area (Å²) in [6, 6.07) is 13.1. The number of anilines is 1. The molecule has 0 bridgehead atoms. The van der Waals surface area contributed by atoms with Crippen LogP contribution in [0.1, 0.15) is 18.2 Å². The van der Waals surface area contributed by atoms with Gasteiger partial charge in [-0.05, 0) is 23.8 Å². The minimum atomic E-state index is -1.04. The molecule has 0 aliphatic carbocycles. The van der Waals surface area contributed by atoms with Gasteiger partial charge in [0, 0.05) is 25.6 Å². The second kappa shape index (κ2) is 9.35. The predicted molar refractivity (Wildman–Crippen MR) is 123 cm³/mol. The number of hydrogen-bond donors (Lipinski definition) is 3. The SMILES string of the molecule is CNC(=O)[C@H]1O[C@@H](n2cnc3c(NCc4ccccc4)nc(-c4ccc(F)c(F)c4)nc32)C[C@@H]1O. The van der Waals surface area contributed by atoms with Crippen molar-refractivity contribution in [3.05, 3.63) is 72.1 Å². The minimum Gasteiger partial charge on any atom is -0.390 e. The van der Waals surface area contributed by atoms with Crippen molar-refractivity contribution in [2.45, 2.75) is 31.4 Å². The highest BCUT2D eigenvalue weighted by atomic mass is 19.2. The highest BCUT2D eigenvalue weighted by molar-refractivity contribution is 5.85. The van der Waals surface area contributed by atoms with Gasteiger partial charge in [0.2, 0.25) is 0 Å². The molecule has 4 aromatic rings. The topological polar surface area (TPSA) is 114 Å². The molecule has 0 radical (unpaired) electrons. The molecule has 0 saturated carbocycles. The molecule has 3 N–H and O–H groups in total. The fourth-order valence-electron chi connectivity index (χ4n) is 4.00. The summed E-state index contributed by atoms with van der Waals surface area (Å²) in [5, 5.41) is 16.1. The van der Waals surface area contributed by atoms with Crippen molar-refractivity contribution in [3.8, 4) is 11.4 Å². The van der Waals surface area contributed by atoms with Gasteiger partial charge in [-0.3, -0.25) is 9.36 Å². The summed E-state index contributed by atoms with van der Waals surface area (Å²) in [4.78, 5) is 25.6. The minimum absolute atomic E-state index is 0.140. The lowest BCUT2D eigenvalue weighted by Crippen LogP contribution is -2.38. The number of hydrogen-bond acceptors (Lipinski definition) is 7. The fraction of sp³-hybridized carbons (Fsp3) is 0.250. The Morgan fingerprint density at radius 1 is 1.17 bits per heavy atom. The summed E-state index contributed by atoms with van der Waals surface area (Å²) in [6.07, 6.45) is -1.13. The molecule has 1 amide bonds. The van der Waals surface area contributed by atoms with E-state index in [1.165, 1.54) is 19.4 Å². The number of aliphatic hydroxyl groups is 1. The summed E-state index contributed by atoms with van der Waals surface area (Å²) in [5.41, 5.74) is 2.06. The van der Waals surface area contributed by atoms with Crippen LogP contribution in [0.25, 0.3) is 22.6 Å². The first kappa shape index (κ1) is 22.8. The Balaban J connectivity index is 1.57. The molecule has 1 aliphatic rings. The molecule has 0 unspecified atom stereocenters. The first-order valence-corrected chi connectivity index (χ1v) is 11.0. The van der Waals surface area contributed by atoms with Gasteiger partial charge in [-0.25, -0.2) is 23.7 Å². The van der Waals surface area contributed by atoms with Crippen LogP contribution < -0.4 is 10.6 Å². The number of benzene rings is 2. The number of halogens is 2. The summed E-state index contributed by atoms with van der Waals surface area (Å²) in [6.45, 7) is 0.439. The van der Waals surface area contributed by atoms with Gasteiger partial charge in [-0.1, -0.05) is 30.3 Å². The van der Waals surface area contributed by atoms with E-state index in [1.54, 1.807) is 4.57 Å². The van der Waals surface area contributed by atoms with Gasteiger partial charge in [0.25, 0.3) is 5.91 Å². The second-order valence-corrected chi connectivity index (χ2v) is 8.12. The number of fused-ring (bicyclic) bond motifs is 1. The molecule has 0 spiro atoms. The van der Waals surface area contributed by atoms with E-state index < -0.39 is 36.0 Å². The van der Waals surface area contributed by atoms with Crippen LogP contribution in [0.3, 0.4) is 0 Å². The molecule has 1 fully saturated rings. The highest BCUT2D eigenvalue weighted by Crippen LogP contribution is 2.33. The average Bonchev–Trinajstić information content (AvgIpc) is 3.47. The maximum absolute atomic E-state index is 14.0. The Kier molecular flexibility index (Phi) is 6.10. The third kappa shape index (κ3) is 4.43. The number of imidazole rings is 1. The van der Waals surface area contributed by atoms with Crippen molar-refractivity contribution >= 4 is 22.9 Å². The van der Waals surface area contributed by atoms with E-state index in [0.29, 0.717) is 23.5 Å². The van der Waals surface area contributed by atoms with Gasteiger partial charge in [0.1, 0.15) is 6.23 Å². The number of rotatable bonds is 6. The zero-order valence-electron chi connectivity index (χ0n) is 18.7. The van der Waals surface area contributed by atoms with E-state index in [-0.39, 0.29) is 17.8 Å². The van der Waals surface area contributed by atoms with Crippen LogP contribution in [0.15, 0.2) is 54.9 Å². The first-order valence-electron chi connectivity index (χ1n) is 11.0. The summed E-state index contributed by atoms with van der Waals surface area (Å²) in [5.74, 6) is -1.90. The van der Waals surface area contributed by atoms with Crippen LogP contribution in [0.2, 0.25) is 0 Å². The summed E-state index contributed by atoms with van der Waals surface area (Å²) < 4.78 is 34.9. The molecular formula is C24H22F2N6O3. The van der Waals surface area contributed by atoms with Crippen LogP contribution in [-0.4, -0.2) is 49.8 Å². The monoisotopic (exact) mass is 480 g/mol. The number of carbonyl (C=O) groups is 1. The summed E-state index contributed by atoms with van der Waals surface area (Å²) >= 11 is 0. The van der Waals surface area contributed by atoms with Crippen molar-refractivity contribution < 1.29 is 23.4 Å². The van der Waals surface area contributed by atoms with E-state index in [0.717, 1.165) is 17.7 Å². The normalized spacial score (nSPS) is 19.7. The Morgan fingerprint density at radius 2 is 1.97 bits per heavy atom. The van der Waals surface area contributed by atoms with Crippen molar-refractivity contribution in [2.75, 3.05) is 12.4 Å². The van der Waals surface area contributed by atoms with Crippen LogP contribution >= 0.6 is 0 Å². The van der Waals surface area contributed by atoms with Crippen molar-refractivity contribution in [1.29, 1.82) is 0 Å². The average molecular weight is 480 g/mol. The van der Waals surface area contributed by atoms with Crippen LogP contribution in [0, 0.1) is 11.6 Å². The van der Waals surface area contributed by atoms with E-state index in [4.69, 9.17) is 4.74 Å². The van der Waals surface area contributed by atoms with E-state index >= 15 is 0 Å². The molecule has 35 heavy (non-hydrogen) atoms. The van der Waals surface area contributed by atoms with Crippen LogP contribution in [0.5, 0.6) is 0 Å². The highest BCUT2D eigenvalue weighted by Gasteiger charge is 2.40. The molecule has 2 aromatic carbocycles. The maximum atomic E-state index is 14.0. The predicted octanol–water partition coefficient (Wildman–Crippen LogP) is 2.78. The van der Waals surface area contributed by atoms with Gasteiger partial charge < -0.3 is 20.5 Å². The molecule has 3 heterocycles. The van der Waals surface area contributed by atoms with Gasteiger partial charge in [0.15, 0.2) is 40.5 Å². The lowest BCUT2D eigenvalue weighted by molar-refractivity contribution is -0.137. The smallest absolute Gasteiger partial charge is 0.251 e. The van der Waals surface area contributed by atoms with E-state index in [2.05, 4.69) is 25.6 Å². The molecule has 11 heteroatoms. The molecule has 180 valence electrons. The molecule has 1 aliphatic heterocycles. The number of carbonyl (C=O) groups excluding carboxylic acids is 1. The molecule has 1 saturated heterocycles. The third-order valence-corrected chi connectivity index (χ3v) is 5.81. The third-order valence-electron chi connectivity index (χ3n) is 5.81. The molecular weight excluding hydrogens is 458 g/mol. The maximum Gasteiger partial charge on any atom is 0.251 e. The lowest BCUT2D eigenvalue weighted by Gasteiger charge is -2.15. The number of amides is 1. The molecule has 5 rings (SSSR count). The fourth-order valence-corrected chi connectivity index (χ4v) is 4.00. The van der Waals surface area contributed by atoms with Gasteiger partial charge in [0.05, 0.1) is 12.4 Å². The van der Waals surface area contributed by atoms with Crippen molar-refractivity contribution in [2.24, 2.45) is 0 Å². The number of aromatic nitrogens is 4. The number of aliphatic hydroxyl groups excluding tert-OH is 1. The van der Waals surface area contributed by atoms with Gasteiger partial charge in [-0.15, -0.1) is 0 Å². The Morgan fingerprint density at radius 3 is 2.71 bits per heavy atom. The zero-order valence-corrected chi connectivity index (χ0v) is 18.7. The molecule has 2 aromatic heterocycles. The quantitative estimate of drug-likeness (QED) is 0.389. The van der Waals surface area contributed by atoms with Gasteiger partial charge >= 0.3 is 0 Å². The molecule has 9 nitrogen and oxygen atoms in total. The number of likely N-dealkylation sites (N-methyl/N-ethyl adjacent to an activating group) is 1. The Hall–Kier alpha value is -3.96. The largest absolute Gasteiger partial charge is 0.390 e. The number of nitrogens with zero attached hydrogens (tertiary/aromatic N) is 4. The molecule has 3 atom stereocenters. The van der Waals surface area contributed by atoms with Crippen molar-refractivity contribution in [1.82, 2.24) is 24.8 Å². The lowest BCUT2D eigenvalue weighted by atomic mass is 10.1. The zero-order chi connectivity index (χ0) is 24.5. The summed E-state index contributed by atoms with van der Waals surface area (Å²) in [7, 11) is 1.46. The standard InChI is InChI=1S/C24H22F2N6O3/c1-27-24(34)20-17(33)10-18(35-20)32-12-29-19-22(28-11-13-5-3-2-4-6-13)30-21(31-23(19)32)14-7-8-15(25)16(26)9-14/h2-9,12,17-18,20,33H,10-11H2,1H3,(H,27,34)(H,28,30,31)/t17-,18+,20-/m0/s1. The van der Waals surface area contributed by atoms with Gasteiger partial charge in [-0.2, -0.15) is 0 Å². The van der Waals surface area contributed by atoms with Crippen molar-refractivity contribution in [3.63, 3.8) is 0 Å². The Labute approximate surface area is 198 Å². The Bertz CT molecular complexity index is 1380.